The zero-order valence-corrected chi connectivity index (χ0v) is 11.1. The minimum absolute atomic E-state index is 0.444. The van der Waals surface area contributed by atoms with Gasteiger partial charge in [0.15, 0.2) is 0 Å². The number of carbonyl (C=O) groups is 1. The predicted molar refractivity (Wildman–Crippen MR) is 67.6 cm³/mol. The van der Waals surface area contributed by atoms with Gasteiger partial charge in [-0.1, -0.05) is 22.0 Å². The lowest BCUT2D eigenvalue weighted by Gasteiger charge is -2.25. The highest BCUT2D eigenvalue weighted by atomic mass is 79.9. The molecule has 0 amide bonds. The summed E-state index contributed by atoms with van der Waals surface area (Å²) >= 11 is 3.44. The van der Waals surface area contributed by atoms with E-state index in [0.29, 0.717) is 0 Å². The third-order valence-electron chi connectivity index (χ3n) is 2.43. The maximum Gasteiger partial charge on any atom is 0.130 e. The summed E-state index contributed by atoms with van der Waals surface area (Å²) in [5.41, 5.74) is 1.67. The summed E-state index contributed by atoms with van der Waals surface area (Å²) < 4.78 is 1.02. The molecule has 1 aromatic carbocycles. The van der Waals surface area contributed by atoms with Crippen LogP contribution in [-0.2, 0) is 10.2 Å². The predicted octanol–water partition coefficient (Wildman–Crippen LogP) is 2.99. The lowest BCUT2D eigenvalue weighted by atomic mass is 9.85. The number of carbonyl (C=O) groups excluding carboxylic acids is 1. The zero-order valence-electron chi connectivity index (χ0n) is 9.54. The second-order valence-corrected chi connectivity index (χ2v) is 5.31. The molecule has 0 radical (unpaired) electrons. The number of nitrogens with zero attached hydrogens (tertiary/aromatic N) is 1. The van der Waals surface area contributed by atoms with E-state index >= 15 is 0 Å². The Kier molecular flexibility index (Phi) is 3.55. The van der Waals surface area contributed by atoms with Gasteiger partial charge in [-0.2, -0.15) is 0 Å². The van der Waals surface area contributed by atoms with E-state index in [2.05, 4.69) is 15.9 Å². The number of benzene rings is 1. The maximum absolute atomic E-state index is 11.1. The summed E-state index contributed by atoms with van der Waals surface area (Å²) in [7, 11) is 3.96. The molecular weight excluding hydrogens is 254 g/mol. The smallest absolute Gasteiger partial charge is 0.130 e. The Labute approximate surface area is 99.4 Å². The molecule has 0 saturated carbocycles. The van der Waals surface area contributed by atoms with E-state index in [-0.39, 0.29) is 0 Å². The first kappa shape index (κ1) is 12.2. The number of aldehydes is 1. The van der Waals surface area contributed by atoms with Gasteiger partial charge in [0.1, 0.15) is 6.29 Å². The highest BCUT2D eigenvalue weighted by Gasteiger charge is 2.23. The van der Waals surface area contributed by atoms with E-state index in [1.807, 2.05) is 51.0 Å². The van der Waals surface area contributed by atoms with Gasteiger partial charge in [-0.15, -0.1) is 0 Å². The molecular formula is C12H16BrNO. The lowest BCUT2D eigenvalue weighted by molar-refractivity contribution is -0.111. The van der Waals surface area contributed by atoms with Crippen LogP contribution >= 0.6 is 15.9 Å². The molecule has 0 fully saturated rings. The van der Waals surface area contributed by atoms with E-state index in [1.54, 1.807) is 0 Å². The van der Waals surface area contributed by atoms with Crippen molar-refractivity contribution in [2.75, 3.05) is 19.0 Å². The van der Waals surface area contributed by atoms with Crippen LogP contribution in [0.3, 0.4) is 0 Å². The van der Waals surface area contributed by atoms with Crippen molar-refractivity contribution in [3.63, 3.8) is 0 Å². The zero-order chi connectivity index (χ0) is 11.6. The molecule has 0 aliphatic carbocycles. The number of hydrogen-bond acceptors (Lipinski definition) is 2. The van der Waals surface area contributed by atoms with Gasteiger partial charge in [-0.3, -0.25) is 0 Å². The normalized spacial score (nSPS) is 11.3. The van der Waals surface area contributed by atoms with Crippen molar-refractivity contribution < 1.29 is 4.79 Å². The molecule has 0 bridgehead atoms. The Morgan fingerprint density at radius 3 is 2.40 bits per heavy atom. The van der Waals surface area contributed by atoms with Crippen molar-refractivity contribution in [3.8, 4) is 0 Å². The topological polar surface area (TPSA) is 20.3 Å². The van der Waals surface area contributed by atoms with Crippen LogP contribution in [0.25, 0.3) is 0 Å². The Hall–Kier alpha value is -0.830. The van der Waals surface area contributed by atoms with Crippen molar-refractivity contribution in [3.05, 3.63) is 28.2 Å². The molecule has 0 aromatic heterocycles. The van der Waals surface area contributed by atoms with Crippen LogP contribution in [0.5, 0.6) is 0 Å². The van der Waals surface area contributed by atoms with Gasteiger partial charge >= 0.3 is 0 Å². The fourth-order valence-corrected chi connectivity index (χ4v) is 1.83. The summed E-state index contributed by atoms with van der Waals surface area (Å²) in [6.07, 6.45) is 0.989. The van der Waals surface area contributed by atoms with Crippen molar-refractivity contribution in [1.82, 2.24) is 0 Å². The largest absolute Gasteiger partial charge is 0.377 e. The molecule has 2 nitrogen and oxygen atoms in total. The Bertz CT molecular complexity index is 372. The van der Waals surface area contributed by atoms with Crippen molar-refractivity contribution in [2.45, 2.75) is 19.3 Å². The van der Waals surface area contributed by atoms with E-state index in [4.69, 9.17) is 0 Å². The average Bonchev–Trinajstić information content (AvgIpc) is 2.17. The van der Waals surface area contributed by atoms with Gasteiger partial charge in [0.05, 0.1) is 0 Å². The summed E-state index contributed by atoms with van der Waals surface area (Å²) in [5.74, 6) is 0. The van der Waals surface area contributed by atoms with Crippen LogP contribution in [-0.4, -0.2) is 20.4 Å². The van der Waals surface area contributed by atoms with E-state index < -0.39 is 5.41 Å². The van der Waals surface area contributed by atoms with Gasteiger partial charge in [0.2, 0.25) is 0 Å². The summed E-state index contributed by atoms with van der Waals surface area (Å²) in [6.45, 7) is 3.85. The molecule has 0 unspecified atom stereocenters. The van der Waals surface area contributed by atoms with Gasteiger partial charge in [0, 0.05) is 29.7 Å². The first-order chi connectivity index (χ1) is 6.88. The van der Waals surface area contributed by atoms with Gasteiger partial charge in [-0.25, -0.2) is 0 Å². The first-order valence-electron chi connectivity index (χ1n) is 4.82. The van der Waals surface area contributed by atoms with Crippen molar-refractivity contribution in [2.24, 2.45) is 0 Å². The fraction of sp³-hybridized carbons (Fsp3) is 0.417. The molecule has 0 aliphatic rings. The standard InChI is InChI=1S/C12H16BrNO/c1-12(2,8-15)10-6-5-9(13)7-11(10)14(3)4/h5-8H,1-4H3. The highest BCUT2D eigenvalue weighted by Crippen LogP contribution is 2.32. The molecule has 1 rings (SSSR count). The molecule has 3 heteroatoms. The molecule has 0 atom stereocenters. The Morgan fingerprint density at radius 2 is 1.93 bits per heavy atom. The van der Waals surface area contributed by atoms with Crippen LogP contribution in [0.4, 0.5) is 5.69 Å². The quantitative estimate of drug-likeness (QED) is 0.787. The molecule has 1 aromatic rings. The second-order valence-electron chi connectivity index (χ2n) is 4.40. The highest BCUT2D eigenvalue weighted by molar-refractivity contribution is 9.10. The van der Waals surface area contributed by atoms with Gasteiger partial charge < -0.3 is 9.69 Å². The van der Waals surface area contributed by atoms with Crippen LogP contribution < -0.4 is 4.90 Å². The van der Waals surface area contributed by atoms with E-state index in [0.717, 1.165) is 22.0 Å². The minimum atomic E-state index is -0.444. The second kappa shape index (κ2) is 4.35. The molecule has 0 N–H and O–H groups in total. The molecule has 0 aliphatic heterocycles. The Morgan fingerprint density at radius 1 is 1.33 bits per heavy atom. The Balaban J connectivity index is 3.35. The van der Waals surface area contributed by atoms with Gasteiger partial charge in [-0.05, 0) is 31.5 Å². The summed E-state index contributed by atoms with van der Waals surface area (Å²) in [4.78, 5) is 13.1. The van der Waals surface area contributed by atoms with E-state index in [1.165, 1.54) is 0 Å². The van der Waals surface area contributed by atoms with Crippen molar-refractivity contribution >= 4 is 27.9 Å². The van der Waals surface area contributed by atoms with E-state index in [9.17, 15) is 4.79 Å². The minimum Gasteiger partial charge on any atom is -0.377 e. The SMILES string of the molecule is CN(C)c1cc(Br)ccc1C(C)(C)C=O. The van der Waals surface area contributed by atoms with Crippen LogP contribution in [0.2, 0.25) is 0 Å². The fourth-order valence-electron chi connectivity index (χ4n) is 1.48. The van der Waals surface area contributed by atoms with Crippen LogP contribution in [0.1, 0.15) is 19.4 Å². The molecule has 0 saturated heterocycles. The van der Waals surface area contributed by atoms with Crippen LogP contribution in [0, 0.1) is 0 Å². The number of halogens is 1. The monoisotopic (exact) mass is 269 g/mol. The number of rotatable bonds is 3. The average molecular weight is 270 g/mol. The summed E-state index contributed by atoms with van der Waals surface area (Å²) in [5, 5.41) is 0. The van der Waals surface area contributed by atoms with Gasteiger partial charge in [0.25, 0.3) is 0 Å². The summed E-state index contributed by atoms with van der Waals surface area (Å²) in [6, 6.07) is 5.99. The third kappa shape index (κ3) is 2.59. The molecule has 0 heterocycles. The molecule has 0 spiro atoms. The number of anilines is 1. The van der Waals surface area contributed by atoms with Crippen LogP contribution in [0.15, 0.2) is 22.7 Å². The molecule has 82 valence electrons. The maximum atomic E-state index is 11.1. The first-order valence-corrected chi connectivity index (χ1v) is 5.61. The molecule has 15 heavy (non-hydrogen) atoms. The lowest BCUT2D eigenvalue weighted by Crippen LogP contribution is -2.23. The third-order valence-corrected chi connectivity index (χ3v) is 2.92. The van der Waals surface area contributed by atoms with Crippen molar-refractivity contribution in [1.29, 1.82) is 0 Å². The number of hydrogen-bond donors (Lipinski definition) is 0.